The Hall–Kier alpha value is -3.01. The number of nitrogens with one attached hydrogen (secondary N) is 1. The molecule has 0 unspecified atom stereocenters. The van der Waals surface area contributed by atoms with Gasteiger partial charge in [0.2, 0.25) is 5.95 Å². The molecule has 3 rings (SSSR count). The molecular formula is C14H13N5O4S. The minimum Gasteiger partial charge on any atom is -0.268 e. The van der Waals surface area contributed by atoms with Crippen LogP contribution in [-0.4, -0.2) is 27.9 Å². The van der Waals surface area contributed by atoms with Crippen molar-refractivity contribution in [2.75, 3.05) is 4.72 Å². The lowest BCUT2D eigenvalue weighted by Gasteiger charge is -2.09. The van der Waals surface area contributed by atoms with Gasteiger partial charge in [0.25, 0.3) is 15.7 Å². The van der Waals surface area contributed by atoms with Crippen molar-refractivity contribution < 1.29 is 13.3 Å². The zero-order chi connectivity index (χ0) is 17.5. The molecule has 3 aromatic rings. The number of aryl methyl sites for hydroxylation is 1. The highest BCUT2D eigenvalue weighted by Gasteiger charge is 2.24. The molecule has 0 spiro atoms. The van der Waals surface area contributed by atoms with Crippen molar-refractivity contribution in [3.8, 4) is 0 Å². The molecule has 0 amide bonds. The fourth-order valence-electron chi connectivity index (χ4n) is 2.33. The predicted molar refractivity (Wildman–Crippen MR) is 86.4 cm³/mol. The number of hydrogen-bond donors (Lipinski definition) is 1. The quantitative estimate of drug-likeness (QED) is 0.570. The van der Waals surface area contributed by atoms with Crippen molar-refractivity contribution >= 4 is 27.3 Å². The maximum absolute atomic E-state index is 12.6. The van der Waals surface area contributed by atoms with Gasteiger partial charge in [0, 0.05) is 17.8 Å². The number of benzene rings is 1. The number of nitro groups is 1. The van der Waals surface area contributed by atoms with Gasteiger partial charge in [-0.05, 0) is 37.6 Å². The molecule has 124 valence electrons. The highest BCUT2D eigenvalue weighted by atomic mass is 32.2. The lowest BCUT2D eigenvalue weighted by atomic mass is 10.2. The van der Waals surface area contributed by atoms with Crippen LogP contribution in [0.3, 0.4) is 0 Å². The van der Waals surface area contributed by atoms with Gasteiger partial charge in [-0.2, -0.15) is 0 Å². The van der Waals surface area contributed by atoms with Gasteiger partial charge in [-0.25, -0.2) is 13.1 Å². The molecule has 24 heavy (non-hydrogen) atoms. The minimum absolute atomic E-state index is 0.0101. The molecule has 0 saturated heterocycles. The molecular weight excluding hydrogens is 334 g/mol. The smallest absolute Gasteiger partial charge is 0.268 e. The van der Waals surface area contributed by atoms with Crippen LogP contribution in [-0.2, 0) is 10.0 Å². The molecule has 0 saturated carbocycles. The van der Waals surface area contributed by atoms with E-state index in [1.165, 1.54) is 29.5 Å². The fraction of sp³-hybridized carbons (Fsp3) is 0.143. The second kappa shape index (κ2) is 5.57. The Morgan fingerprint density at radius 1 is 1.21 bits per heavy atom. The Morgan fingerprint density at radius 3 is 2.67 bits per heavy atom. The van der Waals surface area contributed by atoms with Gasteiger partial charge in [0.1, 0.15) is 0 Å². The first-order valence-corrected chi connectivity index (χ1v) is 8.36. The number of sulfonamides is 1. The average Bonchev–Trinajstić information content (AvgIpc) is 2.88. The first-order valence-electron chi connectivity index (χ1n) is 6.88. The number of hydrogen-bond acceptors (Lipinski definition) is 6. The highest BCUT2D eigenvalue weighted by Crippen LogP contribution is 2.26. The summed E-state index contributed by atoms with van der Waals surface area (Å²) in [4.78, 5) is 10.2. The first kappa shape index (κ1) is 15.9. The summed E-state index contributed by atoms with van der Waals surface area (Å²) in [5.74, 6) is 0.0101. The normalized spacial score (nSPS) is 11.6. The van der Waals surface area contributed by atoms with E-state index in [-0.39, 0.29) is 22.1 Å². The third kappa shape index (κ3) is 2.67. The van der Waals surface area contributed by atoms with Gasteiger partial charge >= 0.3 is 0 Å². The number of rotatable bonds is 4. The van der Waals surface area contributed by atoms with E-state index in [2.05, 4.69) is 14.9 Å². The molecule has 2 aromatic heterocycles. The van der Waals surface area contributed by atoms with Gasteiger partial charge in [0.05, 0.1) is 9.82 Å². The number of fused-ring (bicyclic) bond motifs is 1. The van der Waals surface area contributed by atoms with E-state index in [0.29, 0.717) is 5.65 Å². The first-order chi connectivity index (χ1) is 11.3. The van der Waals surface area contributed by atoms with E-state index >= 15 is 0 Å². The van der Waals surface area contributed by atoms with Crippen molar-refractivity contribution in [2.24, 2.45) is 0 Å². The molecule has 0 aliphatic rings. The number of nitrogens with zero attached hydrogens (tertiary/aromatic N) is 4. The molecule has 0 atom stereocenters. The molecule has 10 heteroatoms. The van der Waals surface area contributed by atoms with Crippen LogP contribution >= 0.6 is 0 Å². The summed E-state index contributed by atoms with van der Waals surface area (Å²) >= 11 is 0. The summed E-state index contributed by atoms with van der Waals surface area (Å²) < 4.78 is 29.0. The van der Waals surface area contributed by atoms with Crippen molar-refractivity contribution in [1.82, 2.24) is 14.6 Å². The van der Waals surface area contributed by atoms with E-state index in [4.69, 9.17) is 0 Å². The summed E-state index contributed by atoms with van der Waals surface area (Å²) in [7, 11) is -4.05. The molecule has 1 N–H and O–H groups in total. The molecule has 2 heterocycles. The summed E-state index contributed by atoms with van der Waals surface area (Å²) in [6, 6.07) is 7.42. The van der Waals surface area contributed by atoms with Crippen molar-refractivity contribution in [1.29, 1.82) is 0 Å². The van der Waals surface area contributed by atoms with Crippen LogP contribution in [0.15, 0.2) is 41.4 Å². The predicted octanol–water partition coefficient (Wildman–Crippen LogP) is 2.06. The van der Waals surface area contributed by atoms with Crippen molar-refractivity contribution in [2.45, 2.75) is 18.7 Å². The van der Waals surface area contributed by atoms with Crippen LogP contribution in [0.4, 0.5) is 11.6 Å². The van der Waals surface area contributed by atoms with E-state index < -0.39 is 14.9 Å². The standard InChI is InChI=1S/C14H13N5O4S/c1-9-6-7-18-13(8-9)15-16-14(18)17-24(22,23)12-5-3-4-11(10(12)2)19(20)21/h3-8H,1-2H3,(H,16,17). The maximum atomic E-state index is 12.6. The Balaban J connectivity index is 2.05. The average molecular weight is 347 g/mol. The lowest BCUT2D eigenvalue weighted by molar-refractivity contribution is -0.385. The molecule has 0 aliphatic heterocycles. The second-order valence-corrected chi connectivity index (χ2v) is 6.87. The summed E-state index contributed by atoms with van der Waals surface area (Å²) in [5, 5.41) is 18.7. The molecule has 1 aromatic carbocycles. The largest absolute Gasteiger partial charge is 0.273 e. The summed E-state index contributed by atoms with van der Waals surface area (Å²) in [5.41, 5.74) is 1.24. The summed E-state index contributed by atoms with van der Waals surface area (Å²) in [6.45, 7) is 3.27. The maximum Gasteiger partial charge on any atom is 0.273 e. The van der Waals surface area contributed by atoms with Crippen LogP contribution in [0, 0.1) is 24.0 Å². The lowest BCUT2D eigenvalue weighted by Crippen LogP contribution is -2.16. The van der Waals surface area contributed by atoms with Crippen LogP contribution in [0.25, 0.3) is 5.65 Å². The molecule has 0 aliphatic carbocycles. The van der Waals surface area contributed by atoms with Crippen LogP contribution in [0.5, 0.6) is 0 Å². The molecule has 9 nitrogen and oxygen atoms in total. The number of aromatic nitrogens is 3. The van der Waals surface area contributed by atoms with E-state index in [1.807, 2.05) is 6.92 Å². The second-order valence-electron chi connectivity index (χ2n) is 5.22. The number of pyridine rings is 1. The zero-order valence-corrected chi connectivity index (χ0v) is 13.6. The Labute approximate surface area is 137 Å². The molecule has 0 radical (unpaired) electrons. The number of anilines is 1. The Morgan fingerprint density at radius 2 is 1.96 bits per heavy atom. The van der Waals surface area contributed by atoms with Gasteiger partial charge in [-0.3, -0.25) is 14.5 Å². The van der Waals surface area contributed by atoms with Crippen LogP contribution < -0.4 is 4.72 Å². The van der Waals surface area contributed by atoms with E-state index in [9.17, 15) is 18.5 Å². The number of nitro benzene ring substituents is 1. The zero-order valence-electron chi connectivity index (χ0n) is 12.8. The van der Waals surface area contributed by atoms with E-state index in [0.717, 1.165) is 5.56 Å². The SMILES string of the molecule is Cc1ccn2c(NS(=O)(=O)c3cccc([N+](=O)[O-])c3C)nnc2c1. The molecule has 0 fully saturated rings. The van der Waals surface area contributed by atoms with Gasteiger partial charge in [0.15, 0.2) is 5.65 Å². The fourth-order valence-corrected chi connectivity index (χ4v) is 3.58. The highest BCUT2D eigenvalue weighted by molar-refractivity contribution is 7.92. The Bertz CT molecular complexity index is 1060. The van der Waals surface area contributed by atoms with Crippen LogP contribution in [0.2, 0.25) is 0 Å². The topological polar surface area (TPSA) is 120 Å². The molecule has 0 bridgehead atoms. The van der Waals surface area contributed by atoms with Gasteiger partial charge in [-0.15, -0.1) is 10.2 Å². The monoisotopic (exact) mass is 347 g/mol. The van der Waals surface area contributed by atoms with Crippen LogP contribution in [0.1, 0.15) is 11.1 Å². The Kier molecular flexibility index (Phi) is 3.68. The third-order valence-electron chi connectivity index (χ3n) is 3.53. The third-order valence-corrected chi connectivity index (χ3v) is 5.01. The summed E-state index contributed by atoms with van der Waals surface area (Å²) in [6.07, 6.45) is 1.64. The van der Waals surface area contributed by atoms with Gasteiger partial charge < -0.3 is 0 Å². The minimum atomic E-state index is -4.05. The van der Waals surface area contributed by atoms with Crippen molar-refractivity contribution in [3.05, 3.63) is 57.8 Å². The van der Waals surface area contributed by atoms with Gasteiger partial charge in [-0.1, -0.05) is 6.07 Å². The van der Waals surface area contributed by atoms with Crippen molar-refractivity contribution in [3.63, 3.8) is 0 Å². The van der Waals surface area contributed by atoms with E-state index in [1.54, 1.807) is 18.3 Å².